The van der Waals surface area contributed by atoms with Crippen molar-refractivity contribution in [3.63, 3.8) is 0 Å². The fourth-order valence-corrected chi connectivity index (χ4v) is 4.73. The number of nitrogens with zero attached hydrogens (tertiary/aromatic N) is 2. The molecule has 1 aromatic carbocycles. The van der Waals surface area contributed by atoms with Crippen molar-refractivity contribution < 1.29 is 17.9 Å². The standard InChI is InChI=1S/C19H22ClN3O4S/c1-27-17-3-2-16(20)12-18(17)28(25,26)22-13-14-6-10-23(11-7-14)19(24)15-4-8-21-9-5-15/h2-5,8-9,12,14,22H,6-7,10-11,13H2,1H3. The number of piperidine rings is 1. The average molecular weight is 424 g/mol. The smallest absolute Gasteiger partial charge is 0.253 e. The number of nitrogens with one attached hydrogen (secondary N) is 1. The van der Waals surface area contributed by atoms with Gasteiger partial charge in [-0.25, -0.2) is 13.1 Å². The summed E-state index contributed by atoms with van der Waals surface area (Å²) < 4.78 is 33.1. The Labute approximate surface area is 169 Å². The van der Waals surface area contributed by atoms with Gasteiger partial charge in [0, 0.05) is 42.6 Å². The Bertz CT molecular complexity index is 929. The minimum Gasteiger partial charge on any atom is -0.495 e. The number of carbonyl (C=O) groups excluding carboxylic acids is 1. The van der Waals surface area contributed by atoms with Crippen molar-refractivity contribution in [3.8, 4) is 5.75 Å². The maximum absolute atomic E-state index is 12.6. The van der Waals surface area contributed by atoms with E-state index in [-0.39, 0.29) is 22.5 Å². The molecule has 2 heterocycles. The first-order valence-corrected chi connectivity index (χ1v) is 10.8. The molecule has 2 aromatic rings. The Kier molecular flexibility index (Phi) is 6.53. The molecule has 1 amide bonds. The number of hydrogen-bond donors (Lipinski definition) is 1. The van der Waals surface area contributed by atoms with E-state index in [1.807, 2.05) is 0 Å². The van der Waals surface area contributed by atoms with Gasteiger partial charge in [0.05, 0.1) is 7.11 Å². The first-order chi connectivity index (χ1) is 13.4. The summed E-state index contributed by atoms with van der Waals surface area (Å²) in [5.41, 5.74) is 0.613. The monoisotopic (exact) mass is 423 g/mol. The summed E-state index contributed by atoms with van der Waals surface area (Å²) in [6.45, 7) is 1.48. The van der Waals surface area contributed by atoms with Crippen LogP contribution in [0.5, 0.6) is 5.75 Å². The molecule has 0 bridgehead atoms. The molecule has 1 saturated heterocycles. The Hall–Kier alpha value is -2.16. The lowest BCUT2D eigenvalue weighted by molar-refractivity contribution is 0.0692. The Morgan fingerprint density at radius 3 is 2.57 bits per heavy atom. The number of benzene rings is 1. The number of rotatable bonds is 6. The molecule has 0 unspecified atom stereocenters. The van der Waals surface area contributed by atoms with Crippen LogP contribution < -0.4 is 9.46 Å². The van der Waals surface area contributed by atoms with Gasteiger partial charge in [0.25, 0.3) is 5.91 Å². The number of ether oxygens (including phenoxy) is 1. The van der Waals surface area contributed by atoms with Gasteiger partial charge in [-0.15, -0.1) is 0 Å². The maximum Gasteiger partial charge on any atom is 0.253 e. The van der Waals surface area contributed by atoms with Crippen molar-refractivity contribution in [2.45, 2.75) is 17.7 Å². The second-order valence-electron chi connectivity index (χ2n) is 6.62. The van der Waals surface area contributed by atoms with Crippen LogP contribution in [0.4, 0.5) is 0 Å². The third-order valence-corrected chi connectivity index (χ3v) is 6.49. The Morgan fingerprint density at radius 2 is 1.93 bits per heavy atom. The van der Waals surface area contributed by atoms with Gasteiger partial charge in [-0.2, -0.15) is 0 Å². The Balaban J connectivity index is 1.57. The Morgan fingerprint density at radius 1 is 1.25 bits per heavy atom. The highest BCUT2D eigenvalue weighted by Gasteiger charge is 2.26. The highest BCUT2D eigenvalue weighted by atomic mass is 35.5. The van der Waals surface area contributed by atoms with Gasteiger partial charge in [-0.1, -0.05) is 11.6 Å². The molecule has 1 aliphatic rings. The van der Waals surface area contributed by atoms with Gasteiger partial charge in [-0.05, 0) is 49.1 Å². The van der Waals surface area contributed by atoms with E-state index in [0.29, 0.717) is 30.2 Å². The van der Waals surface area contributed by atoms with Gasteiger partial charge in [-0.3, -0.25) is 9.78 Å². The van der Waals surface area contributed by atoms with Crippen LogP contribution in [-0.4, -0.2) is 51.0 Å². The van der Waals surface area contributed by atoms with E-state index in [9.17, 15) is 13.2 Å². The minimum absolute atomic E-state index is 0.0211. The van der Waals surface area contributed by atoms with Crippen LogP contribution in [0.2, 0.25) is 5.02 Å². The third kappa shape index (κ3) is 4.81. The molecule has 7 nitrogen and oxygen atoms in total. The molecular weight excluding hydrogens is 402 g/mol. The van der Waals surface area contributed by atoms with E-state index < -0.39 is 10.0 Å². The number of hydrogen-bond acceptors (Lipinski definition) is 5. The molecule has 1 N–H and O–H groups in total. The fraction of sp³-hybridized carbons (Fsp3) is 0.368. The molecule has 1 fully saturated rings. The lowest BCUT2D eigenvalue weighted by Crippen LogP contribution is -2.41. The number of aromatic nitrogens is 1. The van der Waals surface area contributed by atoms with Crippen molar-refractivity contribution in [3.05, 3.63) is 53.3 Å². The number of carbonyl (C=O) groups is 1. The average Bonchev–Trinajstić information content (AvgIpc) is 2.73. The second-order valence-corrected chi connectivity index (χ2v) is 8.79. The molecule has 0 spiro atoms. The van der Waals surface area contributed by atoms with Gasteiger partial charge < -0.3 is 9.64 Å². The SMILES string of the molecule is COc1ccc(Cl)cc1S(=O)(=O)NCC1CCN(C(=O)c2ccncc2)CC1. The van der Waals surface area contributed by atoms with Crippen LogP contribution in [0.1, 0.15) is 23.2 Å². The zero-order chi connectivity index (χ0) is 20.1. The number of amides is 1. The van der Waals surface area contributed by atoms with Gasteiger partial charge >= 0.3 is 0 Å². The summed E-state index contributed by atoms with van der Waals surface area (Å²) >= 11 is 5.94. The van der Waals surface area contributed by atoms with Gasteiger partial charge in [0.1, 0.15) is 10.6 Å². The third-order valence-electron chi connectivity index (χ3n) is 4.81. The number of pyridine rings is 1. The van der Waals surface area contributed by atoms with E-state index in [1.165, 1.54) is 19.2 Å². The predicted molar refractivity (Wildman–Crippen MR) is 106 cm³/mol. The molecule has 0 atom stereocenters. The van der Waals surface area contributed by atoms with Crippen molar-refractivity contribution in [1.29, 1.82) is 0 Å². The first kappa shape index (κ1) is 20.6. The summed E-state index contributed by atoms with van der Waals surface area (Å²) in [6.07, 6.45) is 4.65. The van der Waals surface area contributed by atoms with Crippen LogP contribution in [0.3, 0.4) is 0 Å². The summed E-state index contributed by atoms with van der Waals surface area (Å²) in [6, 6.07) is 7.87. The van der Waals surface area contributed by atoms with E-state index >= 15 is 0 Å². The van der Waals surface area contributed by atoms with E-state index in [2.05, 4.69) is 9.71 Å². The molecule has 9 heteroatoms. The minimum atomic E-state index is -3.74. The maximum atomic E-state index is 12.6. The highest BCUT2D eigenvalue weighted by molar-refractivity contribution is 7.89. The number of sulfonamides is 1. The largest absolute Gasteiger partial charge is 0.495 e. The topological polar surface area (TPSA) is 88.6 Å². The van der Waals surface area contributed by atoms with E-state index in [4.69, 9.17) is 16.3 Å². The van der Waals surface area contributed by atoms with Gasteiger partial charge in [0.15, 0.2) is 0 Å². The van der Waals surface area contributed by atoms with Crippen LogP contribution in [0.15, 0.2) is 47.6 Å². The normalized spacial score (nSPS) is 15.4. The van der Waals surface area contributed by atoms with Crippen LogP contribution >= 0.6 is 11.6 Å². The van der Waals surface area contributed by atoms with Crippen LogP contribution in [-0.2, 0) is 10.0 Å². The second kappa shape index (κ2) is 8.89. The molecule has 150 valence electrons. The van der Waals surface area contributed by atoms with Crippen LogP contribution in [0.25, 0.3) is 0 Å². The predicted octanol–water partition coefficient (Wildman–Crippen LogP) is 2.57. The van der Waals surface area contributed by atoms with Crippen molar-refractivity contribution in [1.82, 2.24) is 14.6 Å². The molecule has 28 heavy (non-hydrogen) atoms. The zero-order valence-corrected chi connectivity index (χ0v) is 17.0. The van der Waals surface area contributed by atoms with Crippen molar-refractivity contribution >= 4 is 27.5 Å². The summed E-state index contributed by atoms with van der Waals surface area (Å²) in [5, 5.41) is 0.323. The fourth-order valence-electron chi connectivity index (χ4n) is 3.18. The summed E-state index contributed by atoms with van der Waals surface area (Å²) in [7, 11) is -2.33. The lowest BCUT2D eigenvalue weighted by atomic mass is 9.97. The molecule has 1 aromatic heterocycles. The zero-order valence-electron chi connectivity index (χ0n) is 15.5. The van der Waals surface area contributed by atoms with Crippen molar-refractivity contribution in [2.24, 2.45) is 5.92 Å². The first-order valence-electron chi connectivity index (χ1n) is 8.93. The van der Waals surface area contributed by atoms with Gasteiger partial charge in [0.2, 0.25) is 10.0 Å². The quantitative estimate of drug-likeness (QED) is 0.771. The molecule has 0 radical (unpaired) electrons. The van der Waals surface area contributed by atoms with E-state index in [1.54, 1.807) is 35.5 Å². The molecule has 1 aliphatic heterocycles. The molecule has 0 aliphatic carbocycles. The molecule has 3 rings (SSSR count). The van der Waals surface area contributed by atoms with Crippen molar-refractivity contribution in [2.75, 3.05) is 26.7 Å². The molecular formula is C19H22ClN3O4S. The number of halogens is 1. The summed E-state index contributed by atoms with van der Waals surface area (Å²) in [5.74, 6) is 0.376. The molecule has 0 saturated carbocycles. The summed E-state index contributed by atoms with van der Waals surface area (Å²) in [4.78, 5) is 18.2. The number of methoxy groups -OCH3 is 1. The number of likely N-dealkylation sites (tertiary alicyclic amines) is 1. The highest BCUT2D eigenvalue weighted by Crippen LogP contribution is 2.27. The van der Waals surface area contributed by atoms with Crippen LogP contribution in [0, 0.1) is 5.92 Å². The van der Waals surface area contributed by atoms with E-state index in [0.717, 1.165) is 12.8 Å². The lowest BCUT2D eigenvalue weighted by Gasteiger charge is -2.32.